The smallest absolute Gasteiger partial charge is 0.245 e. The van der Waals surface area contributed by atoms with E-state index in [1.165, 1.54) is 0 Å². The van der Waals surface area contributed by atoms with Crippen LogP contribution in [0.1, 0.15) is 51.9 Å². The molecular weight excluding hydrogens is 318 g/mol. The Balaban J connectivity index is 0.00000264. The molecule has 23 heavy (non-hydrogen) atoms. The van der Waals surface area contributed by atoms with Crippen LogP contribution in [0.15, 0.2) is 0 Å². The summed E-state index contributed by atoms with van der Waals surface area (Å²) in [6.45, 7) is 4.72. The van der Waals surface area contributed by atoms with Gasteiger partial charge in [0.1, 0.15) is 5.54 Å². The molecule has 1 unspecified atom stereocenters. The first-order chi connectivity index (χ1) is 10.7. The summed E-state index contributed by atoms with van der Waals surface area (Å²) in [5.41, 5.74) is -0.708. The SMILES string of the molecule is CCCNC(=O)C1(NC(=O)CC2COCCN2)CCCCC1.Cl. The van der Waals surface area contributed by atoms with Gasteiger partial charge in [-0.1, -0.05) is 26.2 Å². The van der Waals surface area contributed by atoms with Crippen molar-refractivity contribution in [2.45, 2.75) is 63.5 Å². The first kappa shape index (κ1) is 20.2. The van der Waals surface area contributed by atoms with Crippen LogP contribution in [0.4, 0.5) is 0 Å². The number of hydrogen-bond acceptors (Lipinski definition) is 4. The lowest BCUT2D eigenvalue weighted by Gasteiger charge is -2.37. The average Bonchev–Trinajstić information content (AvgIpc) is 2.54. The van der Waals surface area contributed by atoms with Gasteiger partial charge in [-0.05, 0) is 19.3 Å². The molecule has 2 aliphatic rings. The van der Waals surface area contributed by atoms with Crippen LogP contribution < -0.4 is 16.0 Å². The molecule has 0 radical (unpaired) electrons. The Morgan fingerprint density at radius 3 is 2.61 bits per heavy atom. The van der Waals surface area contributed by atoms with E-state index in [1.54, 1.807) is 0 Å². The van der Waals surface area contributed by atoms with Crippen LogP contribution in [-0.4, -0.2) is 49.7 Å². The van der Waals surface area contributed by atoms with E-state index in [0.29, 0.717) is 26.2 Å². The molecule has 1 saturated heterocycles. The van der Waals surface area contributed by atoms with Gasteiger partial charge in [0, 0.05) is 25.6 Å². The maximum Gasteiger partial charge on any atom is 0.245 e. The Morgan fingerprint density at radius 2 is 2.00 bits per heavy atom. The van der Waals surface area contributed by atoms with E-state index in [-0.39, 0.29) is 30.3 Å². The fourth-order valence-electron chi connectivity index (χ4n) is 3.26. The highest BCUT2D eigenvalue weighted by molar-refractivity contribution is 5.91. The summed E-state index contributed by atoms with van der Waals surface area (Å²) in [7, 11) is 0. The second kappa shape index (κ2) is 10.1. The second-order valence-electron chi connectivity index (χ2n) is 6.38. The predicted molar refractivity (Wildman–Crippen MR) is 91.7 cm³/mol. The number of ether oxygens (including phenoxy) is 1. The van der Waals surface area contributed by atoms with E-state index in [9.17, 15) is 9.59 Å². The van der Waals surface area contributed by atoms with Crippen LogP contribution in [0, 0.1) is 0 Å². The van der Waals surface area contributed by atoms with Crippen LogP contribution in [0.2, 0.25) is 0 Å². The fourth-order valence-corrected chi connectivity index (χ4v) is 3.26. The Bertz CT molecular complexity index is 381. The molecule has 1 aliphatic carbocycles. The van der Waals surface area contributed by atoms with E-state index in [4.69, 9.17) is 4.74 Å². The lowest BCUT2D eigenvalue weighted by molar-refractivity contribution is -0.135. The molecule has 6 nitrogen and oxygen atoms in total. The van der Waals surface area contributed by atoms with Crippen molar-refractivity contribution in [2.24, 2.45) is 0 Å². The Labute approximate surface area is 144 Å². The summed E-state index contributed by atoms with van der Waals surface area (Å²) in [5, 5.41) is 9.28. The molecule has 1 atom stereocenters. The Kier molecular flexibility index (Phi) is 8.87. The summed E-state index contributed by atoms with van der Waals surface area (Å²) >= 11 is 0. The highest BCUT2D eigenvalue weighted by atomic mass is 35.5. The van der Waals surface area contributed by atoms with Crippen molar-refractivity contribution in [3.8, 4) is 0 Å². The molecule has 0 aromatic carbocycles. The quantitative estimate of drug-likeness (QED) is 0.673. The van der Waals surface area contributed by atoms with Gasteiger partial charge in [0.05, 0.1) is 13.2 Å². The molecule has 3 N–H and O–H groups in total. The molecule has 2 amide bonds. The molecule has 0 aromatic heterocycles. The number of rotatable bonds is 6. The van der Waals surface area contributed by atoms with Gasteiger partial charge in [-0.3, -0.25) is 9.59 Å². The average molecular weight is 348 g/mol. The van der Waals surface area contributed by atoms with E-state index in [2.05, 4.69) is 16.0 Å². The van der Waals surface area contributed by atoms with Crippen molar-refractivity contribution in [3.63, 3.8) is 0 Å². The first-order valence-corrected chi connectivity index (χ1v) is 8.57. The van der Waals surface area contributed by atoms with Gasteiger partial charge >= 0.3 is 0 Å². The Hall–Kier alpha value is -0.850. The minimum absolute atomic E-state index is 0. The molecular formula is C16H30ClN3O3. The zero-order valence-corrected chi connectivity index (χ0v) is 14.8. The standard InChI is InChI=1S/C16H29N3O3.ClH/c1-2-8-18-15(21)16(6-4-3-5-7-16)19-14(20)11-13-12-22-10-9-17-13;/h13,17H,2-12H2,1H3,(H,18,21)(H,19,20);1H. The minimum atomic E-state index is -0.708. The van der Waals surface area contributed by atoms with Gasteiger partial charge in [-0.15, -0.1) is 12.4 Å². The maximum absolute atomic E-state index is 12.5. The van der Waals surface area contributed by atoms with Crippen LogP contribution in [0.25, 0.3) is 0 Å². The zero-order valence-electron chi connectivity index (χ0n) is 14.0. The molecule has 0 aromatic rings. The Morgan fingerprint density at radius 1 is 1.26 bits per heavy atom. The summed E-state index contributed by atoms with van der Waals surface area (Å²) in [6, 6.07) is 0.0492. The van der Waals surface area contributed by atoms with Crippen molar-refractivity contribution in [1.29, 1.82) is 0 Å². The van der Waals surface area contributed by atoms with Crippen LogP contribution in [0.5, 0.6) is 0 Å². The van der Waals surface area contributed by atoms with Gasteiger partial charge in [0.15, 0.2) is 0 Å². The molecule has 0 bridgehead atoms. The van der Waals surface area contributed by atoms with Crippen molar-refractivity contribution < 1.29 is 14.3 Å². The molecule has 2 fully saturated rings. The van der Waals surface area contributed by atoms with Crippen LogP contribution in [0.3, 0.4) is 0 Å². The lowest BCUT2D eigenvalue weighted by Crippen LogP contribution is -2.60. The second-order valence-corrected chi connectivity index (χ2v) is 6.38. The largest absolute Gasteiger partial charge is 0.378 e. The molecule has 0 spiro atoms. The minimum Gasteiger partial charge on any atom is -0.378 e. The van der Waals surface area contributed by atoms with Gasteiger partial charge in [0.25, 0.3) is 0 Å². The lowest BCUT2D eigenvalue weighted by atomic mass is 9.80. The van der Waals surface area contributed by atoms with E-state index in [0.717, 1.165) is 45.1 Å². The van der Waals surface area contributed by atoms with Crippen LogP contribution >= 0.6 is 12.4 Å². The van der Waals surface area contributed by atoms with Crippen LogP contribution in [-0.2, 0) is 14.3 Å². The highest BCUT2D eigenvalue weighted by Crippen LogP contribution is 2.28. The summed E-state index contributed by atoms with van der Waals surface area (Å²) in [4.78, 5) is 24.9. The summed E-state index contributed by atoms with van der Waals surface area (Å²) < 4.78 is 5.38. The van der Waals surface area contributed by atoms with Crippen molar-refractivity contribution >= 4 is 24.2 Å². The van der Waals surface area contributed by atoms with E-state index in [1.807, 2.05) is 6.92 Å². The summed E-state index contributed by atoms with van der Waals surface area (Å²) in [6.07, 6.45) is 5.86. The molecule has 7 heteroatoms. The molecule has 1 saturated carbocycles. The monoisotopic (exact) mass is 347 g/mol. The van der Waals surface area contributed by atoms with Gasteiger partial charge in [-0.2, -0.15) is 0 Å². The number of nitrogens with one attached hydrogen (secondary N) is 3. The zero-order chi connectivity index (χ0) is 15.8. The van der Waals surface area contributed by atoms with Gasteiger partial charge in [-0.25, -0.2) is 0 Å². The highest BCUT2D eigenvalue weighted by Gasteiger charge is 2.40. The molecule has 134 valence electrons. The van der Waals surface area contributed by atoms with Crippen molar-refractivity contribution in [2.75, 3.05) is 26.3 Å². The third-order valence-electron chi connectivity index (χ3n) is 4.49. The number of carbonyl (C=O) groups is 2. The summed E-state index contributed by atoms with van der Waals surface area (Å²) in [5.74, 6) is -0.0770. The van der Waals surface area contributed by atoms with Crippen molar-refractivity contribution in [1.82, 2.24) is 16.0 Å². The van der Waals surface area contributed by atoms with E-state index < -0.39 is 5.54 Å². The van der Waals surface area contributed by atoms with Crippen molar-refractivity contribution in [3.05, 3.63) is 0 Å². The molecule has 1 aliphatic heterocycles. The third kappa shape index (κ3) is 5.94. The van der Waals surface area contributed by atoms with E-state index >= 15 is 0 Å². The predicted octanol–water partition coefficient (Wildman–Crippen LogP) is 1.13. The fraction of sp³-hybridized carbons (Fsp3) is 0.875. The normalized spacial score (nSPS) is 23.4. The number of morpholine rings is 1. The number of halogens is 1. The number of amides is 2. The van der Waals surface area contributed by atoms with Gasteiger partial charge < -0.3 is 20.7 Å². The molecule has 1 heterocycles. The maximum atomic E-state index is 12.5. The topological polar surface area (TPSA) is 79.5 Å². The number of carbonyl (C=O) groups excluding carboxylic acids is 2. The number of hydrogen-bond donors (Lipinski definition) is 3. The third-order valence-corrected chi connectivity index (χ3v) is 4.49. The first-order valence-electron chi connectivity index (χ1n) is 8.57. The van der Waals surface area contributed by atoms with Gasteiger partial charge in [0.2, 0.25) is 11.8 Å². The molecule has 2 rings (SSSR count).